The van der Waals surface area contributed by atoms with Crippen LogP contribution in [0.1, 0.15) is 12.5 Å². The molecule has 2 rings (SSSR count). The van der Waals surface area contributed by atoms with E-state index in [0.29, 0.717) is 11.1 Å². The maximum absolute atomic E-state index is 12.2. The molecule has 0 aliphatic heterocycles. The van der Waals surface area contributed by atoms with Crippen LogP contribution in [0.5, 0.6) is 0 Å². The van der Waals surface area contributed by atoms with Crippen LogP contribution >= 0.6 is 0 Å². The number of hydrogen-bond acceptors (Lipinski definition) is 4. The van der Waals surface area contributed by atoms with E-state index in [1.165, 1.54) is 12.1 Å². The van der Waals surface area contributed by atoms with E-state index in [9.17, 15) is 10.0 Å². The summed E-state index contributed by atoms with van der Waals surface area (Å²) in [6.07, 6.45) is 1.76. The number of hydrogen-bond donors (Lipinski definition) is 2. The van der Waals surface area contributed by atoms with Crippen LogP contribution in [0.3, 0.4) is 0 Å². The van der Waals surface area contributed by atoms with Gasteiger partial charge in [0.15, 0.2) is 0 Å². The average molecular weight is 378 g/mol. The van der Waals surface area contributed by atoms with Crippen LogP contribution in [-0.2, 0) is 9.53 Å². The molecule has 0 fully saturated rings. The van der Waals surface area contributed by atoms with Crippen LogP contribution in [0.25, 0.3) is 6.08 Å². The zero-order chi connectivity index (χ0) is 16.7. The molecule has 23 heavy (non-hydrogen) atoms. The quantitative estimate of drug-likeness (QED) is 0.341. The molecular formula is C17H17NO4Se. The summed E-state index contributed by atoms with van der Waals surface area (Å²) in [6, 6.07) is 16.1. The van der Waals surface area contributed by atoms with Gasteiger partial charge in [0, 0.05) is 0 Å². The van der Waals surface area contributed by atoms with Gasteiger partial charge in [0.25, 0.3) is 0 Å². The molecule has 5 nitrogen and oxygen atoms in total. The van der Waals surface area contributed by atoms with Crippen LogP contribution in [-0.4, -0.2) is 32.7 Å². The van der Waals surface area contributed by atoms with Gasteiger partial charge in [0.05, 0.1) is 0 Å². The van der Waals surface area contributed by atoms with Gasteiger partial charge in [0.1, 0.15) is 0 Å². The summed E-state index contributed by atoms with van der Waals surface area (Å²) >= 11 is -0.182. The molecule has 0 heterocycles. The predicted octanol–water partition coefficient (Wildman–Crippen LogP) is 1.02. The molecule has 2 N–H and O–H groups in total. The van der Waals surface area contributed by atoms with Crippen molar-refractivity contribution in [2.45, 2.75) is 6.92 Å². The van der Waals surface area contributed by atoms with Crippen molar-refractivity contribution < 1.29 is 20.0 Å². The Bertz CT molecular complexity index is 669. The van der Waals surface area contributed by atoms with Gasteiger partial charge in [-0.2, -0.15) is 0 Å². The molecule has 0 saturated heterocycles. The van der Waals surface area contributed by atoms with Crippen molar-refractivity contribution in [3.63, 3.8) is 0 Å². The Kier molecular flexibility index (Phi) is 6.52. The zero-order valence-electron chi connectivity index (χ0n) is 12.6. The fraction of sp³-hybridized carbons (Fsp3) is 0.118. The molecule has 2 aromatic rings. The second-order valence-corrected chi connectivity index (χ2v) is 6.91. The molecule has 2 aromatic carbocycles. The minimum atomic E-state index is -0.973. The van der Waals surface area contributed by atoms with E-state index in [4.69, 9.17) is 9.94 Å². The molecule has 0 radical (unpaired) electrons. The standard InChI is InChI=1S/C17H17NO4Se/c1-2-22-17(19)16(23-15-6-4-3-5-7-15)12-13-8-10-14(11-9-13)18(20)21/h3-12,18,20H,2H2,1H3/b16-12-. The molecule has 120 valence electrons. The van der Waals surface area contributed by atoms with Crippen molar-refractivity contribution in [2.24, 2.45) is 0 Å². The summed E-state index contributed by atoms with van der Waals surface area (Å²) in [6.45, 7) is 2.09. The molecule has 6 heteroatoms. The fourth-order valence-corrected chi connectivity index (χ4v) is 3.68. The molecular weight excluding hydrogens is 361 g/mol. The van der Waals surface area contributed by atoms with E-state index in [1.54, 1.807) is 25.1 Å². The van der Waals surface area contributed by atoms with Crippen LogP contribution in [0.2, 0.25) is 0 Å². The summed E-state index contributed by atoms with van der Waals surface area (Å²) in [4.78, 5) is 12.2. The molecule has 0 amide bonds. The van der Waals surface area contributed by atoms with Gasteiger partial charge in [-0.25, -0.2) is 0 Å². The summed E-state index contributed by atoms with van der Waals surface area (Å²) in [5, 5.41) is 18.8. The van der Waals surface area contributed by atoms with E-state index in [-0.39, 0.29) is 26.6 Å². The van der Waals surface area contributed by atoms with Crippen molar-refractivity contribution in [1.29, 1.82) is 0 Å². The van der Waals surface area contributed by atoms with Gasteiger partial charge in [-0.1, -0.05) is 0 Å². The van der Waals surface area contributed by atoms with Crippen LogP contribution in [0.4, 0.5) is 5.69 Å². The number of carbonyl (C=O) groups is 1. The Morgan fingerprint density at radius 1 is 1.22 bits per heavy atom. The Hall–Kier alpha value is -1.95. The SMILES string of the molecule is CCOC(=O)/C(=C/c1ccc([NH+]([O-])O)cc1)[Se]c1ccccc1. The first-order valence-electron chi connectivity index (χ1n) is 7.05. The third-order valence-corrected chi connectivity index (χ3v) is 5.03. The predicted molar refractivity (Wildman–Crippen MR) is 88.7 cm³/mol. The minimum absolute atomic E-state index is 0.182. The molecule has 0 aliphatic carbocycles. The summed E-state index contributed by atoms with van der Waals surface area (Å²) in [5.41, 5.74) is 0.990. The number of carbonyl (C=O) groups excluding carboxylic acids is 1. The summed E-state index contributed by atoms with van der Waals surface area (Å²) < 4.78 is 6.79. The zero-order valence-corrected chi connectivity index (χ0v) is 14.3. The normalized spacial score (nSPS) is 12.7. The van der Waals surface area contributed by atoms with Crippen molar-refractivity contribution in [3.05, 3.63) is 69.8 Å². The number of nitrogens with one attached hydrogen (secondary N) is 1. The molecule has 0 aliphatic rings. The third kappa shape index (κ3) is 5.32. The van der Waals surface area contributed by atoms with Crippen molar-refractivity contribution in [1.82, 2.24) is 0 Å². The molecule has 0 saturated carbocycles. The Morgan fingerprint density at radius 3 is 2.43 bits per heavy atom. The first kappa shape index (κ1) is 17.4. The Labute approximate surface area is 140 Å². The van der Waals surface area contributed by atoms with Gasteiger partial charge >= 0.3 is 140 Å². The first-order valence-corrected chi connectivity index (χ1v) is 8.76. The molecule has 0 bridgehead atoms. The third-order valence-electron chi connectivity index (χ3n) is 2.90. The van der Waals surface area contributed by atoms with Crippen molar-refractivity contribution in [2.75, 3.05) is 6.61 Å². The summed E-state index contributed by atoms with van der Waals surface area (Å²) in [7, 11) is 0. The maximum atomic E-state index is 12.2. The van der Waals surface area contributed by atoms with E-state index >= 15 is 0 Å². The van der Waals surface area contributed by atoms with Gasteiger partial charge in [0.2, 0.25) is 0 Å². The van der Waals surface area contributed by atoms with E-state index in [0.717, 1.165) is 10.0 Å². The second kappa shape index (κ2) is 8.62. The molecule has 0 spiro atoms. The van der Waals surface area contributed by atoms with E-state index in [2.05, 4.69) is 0 Å². The fourth-order valence-electron chi connectivity index (χ4n) is 1.82. The Morgan fingerprint density at radius 2 is 1.87 bits per heavy atom. The van der Waals surface area contributed by atoms with Gasteiger partial charge in [-0.3, -0.25) is 0 Å². The van der Waals surface area contributed by atoms with Gasteiger partial charge < -0.3 is 0 Å². The number of rotatable bonds is 6. The van der Waals surface area contributed by atoms with Crippen molar-refractivity contribution >= 4 is 37.2 Å². The number of benzene rings is 2. The van der Waals surface area contributed by atoms with Gasteiger partial charge in [-0.15, -0.1) is 0 Å². The van der Waals surface area contributed by atoms with Crippen LogP contribution < -0.4 is 9.69 Å². The number of quaternary nitrogens is 1. The number of ether oxygens (including phenoxy) is 1. The van der Waals surface area contributed by atoms with E-state index < -0.39 is 5.23 Å². The average Bonchev–Trinajstić information content (AvgIpc) is 2.56. The molecule has 0 aromatic heterocycles. The van der Waals surface area contributed by atoms with Crippen LogP contribution in [0.15, 0.2) is 59.1 Å². The Balaban J connectivity index is 2.26. The molecule has 1 atom stereocenters. The van der Waals surface area contributed by atoms with Gasteiger partial charge in [-0.05, 0) is 0 Å². The summed E-state index contributed by atoms with van der Waals surface area (Å²) in [5.74, 6) is -0.335. The van der Waals surface area contributed by atoms with Crippen molar-refractivity contribution in [3.8, 4) is 0 Å². The van der Waals surface area contributed by atoms with Crippen LogP contribution in [0, 0.1) is 5.21 Å². The molecule has 1 unspecified atom stereocenters. The van der Waals surface area contributed by atoms with E-state index in [1.807, 2.05) is 30.3 Å². The number of esters is 1. The monoisotopic (exact) mass is 379 g/mol. The topological polar surface area (TPSA) is 74.0 Å². The second-order valence-electron chi connectivity index (χ2n) is 4.57. The first-order chi connectivity index (χ1) is 11.1.